The van der Waals surface area contributed by atoms with E-state index in [0.717, 1.165) is 0 Å². The zero-order valence-electron chi connectivity index (χ0n) is 10.7. The smallest absolute Gasteiger partial charge is 0.325 e. The Morgan fingerprint density at radius 2 is 2.16 bits per heavy atom. The Kier molecular flexibility index (Phi) is 4.59. The van der Waals surface area contributed by atoms with Gasteiger partial charge in [0.1, 0.15) is 19.3 Å². The van der Waals surface area contributed by atoms with Crippen molar-refractivity contribution in [1.82, 2.24) is 5.32 Å². The fourth-order valence-corrected chi connectivity index (χ4v) is 1.89. The van der Waals surface area contributed by atoms with Gasteiger partial charge in [0.25, 0.3) is 0 Å². The highest BCUT2D eigenvalue weighted by Gasteiger charge is 2.21. The van der Waals surface area contributed by atoms with Crippen LogP contribution in [0, 0.1) is 0 Å². The van der Waals surface area contributed by atoms with Gasteiger partial charge in [0.15, 0.2) is 11.5 Å². The molecule has 0 spiro atoms. The third kappa shape index (κ3) is 3.36. The molecule has 19 heavy (non-hydrogen) atoms. The third-order valence-corrected chi connectivity index (χ3v) is 2.80. The van der Waals surface area contributed by atoms with Crippen molar-refractivity contribution < 1.29 is 24.1 Å². The van der Waals surface area contributed by atoms with E-state index < -0.39 is 12.0 Å². The maximum atomic E-state index is 11.3. The SMILES string of the molecule is COCCNC(C(=O)O)c1ccc2c(c1)OCCO2. The van der Waals surface area contributed by atoms with Gasteiger partial charge in [-0.2, -0.15) is 0 Å². The molecule has 1 atom stereocenters. The van der Waals surface area contributed by atoms with E-state index in [9.17, 15) is 9.90 Å². The van der Waals surface area contributed by atoms with E-state index >= 15 is 0 Å². The molecule has 0 saturated heterocycles. The fourth-order valence-electron chi connectivity index (χ4n) is 1.89. The van der Waals surface area contributed by atoms with Crippen molar-refractivity contribution >= 4 is 5.97 Å². The minimum atomic E-state index is -0.937. The summed E-state index contributed by atoms with van der Waals surface area (Å²) in [5.74, 6) is 0.298. The summed E-state index contributed by atoms with van der Waals surface area (Å²) in [6, 6.07) is 4.38. The molecule has 0 bridgehead atoms. The molecule has 2 N–H and O–H groups in total. The van der Waals surface area contributed by atoms with Crippen molar-refractivity contribution in [3.05, 3.63) is 23.8 Å². The molecule has 1 unspecified atom stereocenters. The highest BCUT2D eigenvalue weighted by atomic mass is 16.6. The first kappa shape index (κ1) is 13.6. The number of carboxylic acids is 1. The zero-order valence-corrected chi connectivity index (χ0v) is 10.7. The van der Waals surface area contributed by atoms with Crippen LogP contribution in [0.5, 0.6) is 11.5 Å². The average Bonchev–Trinajstić information content (AvgIpc) is 2.43. The second-order valence-electron chi connectivity index (χ2n) is 4.12. The van der Waals surface area contributed by atoms with Gasteiger partial charge in [-0.25, -0.2) is 0 Å². The zero-order chi connectivity index (χ0) is 13.7. The molecule has 1 aromatic carbocycles. The van der Waals surface area contributed by atoms with E-state index in [1.54, 1.807) is 25.3 Å². The summed E-state index contributed by atoms with van der Waals surface area (Å²) in [5.41, 5.74) is 0.632. The molecule has 0 fully saturated rings. The summed E-state index contributed by atoms with van der Waals surface area (Å²) in [7, 11) is 1.57. The highest BCUT2D eigenvalue weighted by Crippen LogP contribution is 2.32. The number of rotatable bonds is 6. The molecule has 6 heteroatoms. The van der Waals surface area contributed by atoms with Crippen LogP contribution >= 0.6 is 0 Å². The topological polar surface area (TPSA) is 77.0 Å². The Morgan fingerprint density at radius 3 is 2.84 bits per heavy atom. The van der Waals surface area contributed by atoms with Crippen molar-refractivity contribution in [3.63, 3.8) is 0 Å². The van der Waals surface area contributed by atoms with E-state index in [1.807, 2.05) is 0 Å². The lowest BCUT2D eigenvalue weighted by molar-refractivity contribution is -0.139. The van der Waals surface area contributed by atoms with E-state index in [-0.39, 0.29) is 0 Å². The maximum Gasteiger partial charge on any atom is 0.325 e. The first-order valence-corrected chi connectivity index (χ1v) is 6.07. The molecule has 0 radical (unpaired) electrons. The van der Waals surface area contributed by atoms with Crippen LogP contribution in [0.1, 0.15) is 11.6 Å². The summed E-state index contributed by atoms with van der Waals surface area (Å²) in [6.07, 6.45) is 0. The van der Waals surface area contributed by atoms with Crippen molar-refractivity contribution in [2.24, 2.45) is 0 Å². The Hall–Kier alpha value is -1.79. The number of carboxylic acid groups (broad SMARTS) is 1. The second kappa shape index (κ2) is 6.40. The van der Waals surface area contributed by atoms with Crippen molar-refractivity contribution in [3.8, 4) is 11.5 Å². The van der Waals surface area contributed by atoms with Crippen LogP contribution < -0.4 is 14.8 Å². The van der Waals surface area contributed by atoms with Crippen LogP contribution in [-0.4, -0.2) is 44.6 Å². The number of carbonyl (C=O) groups is 1. The summed E-state index contributed by atoms with van der Waals surface area (Å²) in [5, 5.41) is 12.2. The number of hydrogen-bond donors (Lipinski definition) is 2. The molecule has 0 amide bonds. The number of hydrogen-bond acceptors (Lipinski definition) is 5. The summed E-state index contributed by atoms with van der Waals surface area (Å²) < 4.78 is 15.8. The van der Waals surface area contributed by atoms with Crippen LogP contribution in [0.15, 0.2) is 18.2 Å². The van der Waals surface area contributed by atoms with Crippen LogP contribution in [-0.2, 0) is 9.53 Å². The Morgan fingerprint density at radius 1 is 1.42 bits per heavy atom. The Bertz CT molecular complexity index is 449. The quantitative estimate of drug-likeness (QED) is 0.743. The molecular formula is C13H17NO5. The van der Waals surface area contributed by atoms with Crippen molar-refractivity contribution in [2.45, 2.75) is 6.04 Å². The summed E-state index contributed by atoms with van der Waals surface area (Å²) in [6.45, 7) is 1.91. The summed E-state index contributed by atoms with van der Waals surface area (Å²) in [4.78, 5) is 11.3. The molecule has 6 nitrogen and oxygen atoms in total. The molecule has 1 heterocycles. The van der Waals surface area contributed by atoms with Gasteiger partial charge >= 0.3 is 5.97 Å². The molecule has 0 saturated carbocycles. The highest BCUT2D eigenvalue weighted by molar-refractivity contribution is 5.76. The summed E-state index contributed by atoms with van der Waals surface area (Å²) >= 11 is 0. The van der Waals surface area contributed by atoms with Gasteiger partial charge in [0.05, 0.1) is 6.61 Å². The van der Waals surface area contributed by atoms with Gasteiger partial charge in [-0.3, -0.25) is 10.1 Å². The number of methoxy groups -OCH3 is 1. The van der Waals surface area contributed by atoms with Gasteiger partial charge in [0, 0.05) is 13.7 Å². The van der Waals surface area contributed by atoms with Gasteiger partial charge in [0.2, 0.25) is 0 Å². The lowest BCUT2D eigenvalue weighted by atomic mass is 10.1. The van der Waals surface area contributed by atoms with Crippen LogP contribution in [0.25, 0.3) is 0 Å². The van der Waals surface area contributed by atoms with Crippen LogP contribution in [0.3, 0.4) is 0 Å². The van der Waals surface area contributed by atoms with Gasteiger partial charge in [-0.1, -0.05) is 6.07 Å². The second-order valence-corrected chi connectivity index (χ2v) is 4.12. The molecule has 104 valence electrons. The number of nitrogens with one attached hydrogen (secondary N) is 1. The molecule has 1 aromatic rings. The van der Waals surface area contributed by atoms with Crippen molar-refractivity contribution in [1.29, 1.82) is 0 Å². The maximum absolute atomic E-state index is 11.3. The minimum Gasteiger partial charge on any atom is -0.486 e. The van der Waals surface area contributed by atoms with E-state index in [4.69, 9.17) is 14.2 Å². The van der Waals surface area contributed by atoms with E-state index in [0.29, 0.717) is 43.4 Å². The monoisotopic (exact) mass is 267 g/mol. The average molecular weight is 267 g/mol. The molecule has 1 aliphatic heterocycles. The van der Waals surface area contributed by atoms with E-state index in [2.05, 4.69) is 5.32 Å². The first-order valence-electron chi connectivity index (χ1n) is 6.07. The standard InChI is InChI=1S/C13H17NO5/c1-17-5-4-14-12(13(15)16)9-2-3-10-11(8-9)19-7-6-18-10/h2-3,8,12,14H,4-7H2,1H3,(H,15,16). The normalized spacial score (nSPS) is 15.0. The lowest BCUT2D eigenvalue weighted by Gasteiger charge is -2.21. The molecular weight excluding hydrogens is 250 g/mol. The lowest BCUT2D eigenvalue weighted by Crippen LogP contribution is -2.31. The van der Waals surface area contributed by atoms with Gasteiger partial charge in [-0.15, -0.1) is 0 Å². The predicted molar refractivity (Wildman–Crippen MR) is 67.7 cm³/mol. The molecule has 0 aromatic heterocycles. The number of aliphatic carboxylic acids is 1. The van der Waals surface area contributed by atoms with Crippen LogP contribution in [0.2, 0.25) is 0 Å². The Balaban J connectivity index is 2.14. The predicted octanol–water partition coefficient (Wildman–Crippen LogP) is 0.819. The molecule has 1 aliphatic rings. The Labute approximate surface area is 111 Å². The third-order valence-electron chi connectivity index (χ3n) is 2.80. The van der Waals surface area contributed by atoms with Crippen LogP contribution in [0.4, 0.5) is 0 Å². The minimum absolute atomic E-state index is 0.453. The number of fused-ring (bicyclic) bond motifs is 1. The molecule has 2 rings (SSSR count). The largest absolute Gasteiger partial charge is 0.486 e. The number of benzene rings is 1. The fraction of sp³-hybridized carbons (Fsp3) is 0.462. The first-order chi connectivity index (χ1) is 9.22. The van der Waals surface area contributed by atoms with E-state index in [1.165, 1.54) is 0 Å². The van der Waals surface area contributed by atoms with Gasteiger partial charge < -0.3 is 19.3 Å². The van der Waals surface area contributed by atoms with Crippen molar-refractivity contribution in [2.75, 3.05) is 33.5 Å². The molecule has 0 aliphatic carbocycles. The van der Waals surface area contributed by atoms with Gasteiger partial charge in [-0.05, 0) is 17.7 Å². The number of ether oxygens (including phenoxy) is 3.